The third-order valence-corrected chi connectivity index (χ3v) is 9.08. The van der Waals surface area contributed by atoms with Crippen molar-refractivity contribution in [3.05, 3.63) is 62.2 Å². The van der Waals surface area contributed by atoms with Gasteiger partial charge in [-0.15, -0.1) is 13.2 Å². The van der Waals surface area contributed by atoms with Crippen LogP contribution in [0.5, 0.6) is 0 Å². The highest BCUT2D eigenvalue weighted by atomic mass is 32.2. The number of nitrogens with zero attached hydrogens (tertiary/aromatic N) is 4. The lowest BCUT2D eigenvalue weighted by Crippen LogP contribution is -2.21. The standard InChI is InChI=1S/2C12H18N2O2S/c2*1-4-11(5-2)10(3)9-17(15,16)12-13-7-6-8-14-12/h2*4,6-8,10-11H,1,5,9H2,2-3H3/t2*10-,11-/m10/s1. The van der Waals surface area contributed by atoms with Gasteiger partial charge in [0.05, 0.1) is 11.5 Å². The Morgan fingerprint density at radius 1 is 0.706 bits per heavy atom. The van der Waals surface area contributed by atoms with Crippen LogP contribution in [0.25, 0.3) is 0 Å². The minimum atomic E-state index is -3.39. The molecule has 0 bridgehead atoms. The Kier molecular flexibility index (Phi) is 12.2. The summed E-state index contributed by atoms with van der Waals surface area (Å²) in [5.74, 6) is 0.558. The lowest BCUT2D eigenvalue weighted by molar-refractivity contribution is 0.448. The third-order valence-electron chi connectivity index (χ3n) is 5.62. The normalized spacial score (nSPS) is 15.2. The summed E-state index contributed by atoms with van der Waals surface area (Å²) in [6.45, 7) is 15.3. The van der Waals surface area contributed by atoms with Crippen LogP contribution in [0.1, 0.15) is 40.5 Å². The summed E-state index contributed by atoms with van der Waals surface area (Å²) in [4.78, 5) is 15.2. The molecule has 188 valence electrons. The number of hydrogen-bond donors (Lipinski definition) is 0. The second kappa shape index (κ2) is 14.1. The van der Waals surface area contributed by atoms with Gasteiger partial charge in [0, 0.05) is 24.8 Å². The average molecular weight is 509 g/mol. The van der Waals surface area contributed by atoms with Crippen LogP contribution in [0, 0.1) is 23.7 Å². The number of sulfone groups is 2. The van der Waals surface area contributed by atoms with Crippen LogP contribution >= 0.6 is 0 Å². The van der Waals surface area contributed by atoms with Gasteiger partial charge in [-0.25, -0.2) is 36.8 Å². The topological polar surface area (TPSA) is 120 Å². The van der Waals surface area contributed by atoms with Crippen molar-refractivity contribution in [2.45, 2.75) is 50.8 Å². The Balaban J connectivity index is 0.000000340. The first kappa shape index (κ1) is 29.6. The molecule has 0 saturated carbocycles. The molecule has 0 radical (unpaired) electrons. The summed E-state index contributed by atoms with van der Waals surface area (Å²) in [7, 11) is -6.79. The summed E-state index contributed by atoms with van der Waals surface area (Å²) in [5.41, 5.74) is 0. The molecule has 0 aliphatic carbocycles. The van der Waals surface area contributed by atoms with E-state index in [4.69, 9.17) is 0 Å². The molecule has 2 aromatic heterocycles. The molecule has 2 heterocycles. The molecule has 0 fully saturated rings. The number of rotatable bonds is 12. The Morgan fingerprint density at radius 2 is 1.00 bits per heavy atom. The van der Waals surface area contributed by atoms with Gasteiger partial charge >= 0.3 is 0 Å². The molecule has 0 unspecified atom stereocenters. The maximum Gasteiger partial charge on any atom is 0.247 e. The minimum Gasteiger partial charge on any atom is -0.227 e. The summed E-state index contributed by atoms with van der Waals surface area (Å²) in [6.07, 6.45) is 11.2. The molecule has 2 aromatic rings. The first-order valence-corrected chi connectivity index (χ1v) is 14.6. The molecule has 34 heavy (non-hydrogen) atoms. The first-order valence-electron chi connectivity index (χ1n) is 11.3. The predicted molar refractivity (Wildman–Crippen MR) is 134 cm³/mol. The first-order chi connectivity index (χ1) is 16.0. The highest BCUT2D eigenvalue weighted by Gasteiger charge is 2.25. The van der Waals surface area contributed by atoms with Gasteiger partial charge in [-0.2, -0.15) is 0 Å². The molecule has 0 aromatic carbocycles. The van der Waals surface area contributed by atoms with Crippen molar-refractivity contribution in [1.82, 2.24) is 19.9 Å². The van der Waals surface area contributed by atoms with E-state index < -0.39 is 19.7 Å². The van der Waals surface area contributed by atoms with E-state index in [1.54, 1.807) is 12.1 Å². The second-order valence-electron chi connectivity index (χ2n) is 8.20. The van der Waals surface area contributed by atoms with Crippen molar-refractivity contribution >= 4 is 19.7 Å². The van der Waals surface area contributed by atoms with Crippen molar-refractivity contribution < 1.29 is 16.8 Å². The monoisotopic (exact) mass is 508 g/mol. The fraction of sp³-hybridized carbons (Fsp3) is 0.500. The van der Waals surface area contributed by atoms with Crippen LogP contribution in [0.4, 0.5) is 0 Å². The van der Waals surface area contributed by atoms with E-state index in [1.807, 2.05) is 39.8 Å². The SMILES string of the molecule is C=C[C@@H](CC)[C@@H](C)CS(=O)(=O)c1ncccn1.C=C[C@H](CC)[C@H](C)CS(=O)(=O)c1ncccn1. The van der Waals surface area contributed by atoms with E-state index in [0.717, 1.165) is 12.8 Å². The zero-order chi connectivity index (χ0) is 25.8. The van der Waals surface area contributed by atoms with Gasteiger partial charge in [-0.1, -0.05) is 39.8 Å². The van der Waals surface area contributed by atoms with Crippen molar-refractivity contribution in [2.75, 3.05) is 11.5 Å². The maximum absolute atomic E-state index is 12.0. The van der Waals surface area contributed by atoms with E-state index in [-0.39, 0.29) is 45.5 Å². The van der Waals surface area contributed by atoms with Crippen LogP contribution < -0.4 is 0 Å². The molecule has 0 spiro atoms. The van der Waals surface area contributed by atoms with Gasteiger partial charge in [0.25, 0.3) is 0 Å². The van der Waals surface area contributed by atoms with E-state index in [9.17, 15) is 16.8 Å². The zero-order valence-electron chi connectivity index (χ0n) is 20.4. The van der Waals surface area contributed by atoms with E-state index in [2.05, 4.69) is 33.1 Å². The molecular weight excluding hydrogens is 472 g/mol. The van der Waals surface area contributed by atoms with Crippen LogP contribution in [0.3, 0.4) is 0 Å². The highest BCUT2D eigenvalue weighted by Crippen LogP contribution is 2.21. The van der Waals surface area contributed by atoms with Gasteiger partial charge in [-0.3, -0.25) is 0 Å². The summed E-state index contributed by atoms with van der Waals surface area (Å²) in [6, 6.07) is 3.20. The van der Waals surface area contributed by atoms with Gasteiger partial charge in [0.15, 0.2) is 0 Å². The largest absolute Gasteiger partial charge is 0.247 e. The lowest BCUT2D eigenvalue weighted by atomic mass is 9.93. The Bertz CT molecular complexity index is 1000. The van der Waals surface area contributed by atoms with Crippen LogP contribution in [0.2, 0.25) is 0 Å². The van der Waals surface area contributed by atoms with Crippen molar-refractivity contribution in [2.24, 2.45) is 23.7 Å². The lowest BCUT2D eigenvalue weighted by Gasteiger charge is -2.18. The van der Waals surface area contributed by atoms with E-state index in [1.165, 1.54) is 24.8 Å². The average Bonchev–Trinajstić information content (AvgIpc) is 2.81. The number of allylic oxidation sites excluding steroid dienone is 2. The molecule has 0 aliphatic rings. The van der Waals surface area contributed by atoms with Crippen LogP contribution in [-0.4, -0.2) is 48.3 Å². The fourth-order valence-corrected chi connectivity index (χ4v) is 6.65. The van der Waals surface area contributed by atoms with Gasteiger partial charge in [0.2, 0.25) is 30.0 Å². The Hall–Kier alpha value is -2.46. The van der Waals surface area contributed by atoms with Crippen molar-refractivity contribution in [3.63, 3.8) is 0 Å². The highest BCUT2D eigenvalue weighted by molar-refractivity contribution is 7.91. The minimum absolute atomic E-state index is 0.0197. The molecule has 0 amide bonds. The number of hydrogen-bond acceptors (Lipinski definition) is 8. The quantitative estimate of drug-likeness (QED) is 0.309. The molecule has 10 heteroatoms. The van der Waals surface area contributed by atoms with Gasteiger partial charge in [0.1, 0.15) is 0 Å². The molecule has 8 nitrogen and oxygen atoms in total. The third kappa shape index (κ3) is 9.06. The second-order valence-corrected chi connectivity index (χ2v) is 12.1. The predicted octanol–water partition coefficient (Wildman–Crippen LogP) is 4.20. The maximum atomic E-state index is 12.0. The van der Waals surface area contributed by atoms with Crippen molar-refractivity contribution in [1.29, 1.82) is 0 Å². The molecule has 0 N–H and O–H groups in total. The molecule has 4 atom stereocenters. The molecule has 0 aliphatic heterocycles. The molecular formula is C24H36N4O4S2. The van der Waals surface area contributed by atoms with E-state index >= 15 is 0 Å². The van der Waals surface area contributed by atoms with Gasteiger partial charge in [-0.05, 0) is 48.6 Å². The summed E-state index contributed by atoms with van der Waals surface area (Å²) < 4.78 is 48.1. The zero-order valence-corrected chi connectivity index (χ0v) is 22.0. The fourth-order valence-electron chi connectivity index (χ4n) is 3.58. The van der Waals surface area contributed by atoms with Gasteiger partial charge < -0.3 is 0 Å². The van der Waals surface area contributed by atoms with Crippen molar-refractivity contribution in [3.8, 4) is 0 Å². The molecule has 2 rings (SSSR count). The Morgan fingerprint density at radius 3 is 1.24 bits per heavy atom. The number of aromatic nitrogens is 4. The smallest absolute Gasteiger partial charge is 0.227 e. The Labute approximate surface area is 204 Å². The van der Waals surface area contributed by atoms with Crippen LogP contribution in [-0.2, 0) is 19.7 Å². The van der Waals surface area contributed by atoms with E-state index in [0.29, 0.717) is 0 Å². The summed E-state index contributed by atoms with van der Waals surface area (Å²) in [5, 5.41) is -0.184. The summed E-state index contributed by atoms with van der Waals surface area (Å²) >= 11 is 0. The molecule has 0 saturated heterocycles. The van der Waals surface area contributed by atoms with Crippen LogP contribution in [0.15, 0.2) is 72.5 Å².